The van der Waals surface area contributed by atoms with E-state index in [1.165, 1.54) is 30.6 Å². The largest absolute Gasteiger partial charge is 0.368 e. The lowest BCUT2D eigenvalue weighted by Gasteiger charge is -2.32. The van der Waals surface area contributed by atoms with Gasteiger partial charge in [0.15, 0.2) is 0 Å². The summed E-state index contributed by atoms with van der Waals surface area (Å²) < 4.78 is 7.53. The van der Waals surface area contributed by atoms with E-state index in [2.05, 4.69) is 41.9 Å². The van der Waals surface area contributed by atoms with Gasteiger partial charge in [0.1, 0.15) is 6.10 Å². The summed E-state index contributed by atoms with van der Waals surface area (Å²) in [7, 11) is 0. The maximum atomic E-state index is 6.38. The van der Waals surface area contributed by atoms with Crippen molar-refractivity contribution < 1.29 is 4.74 Å². The van der Waals surface area contributed by atoms with Crippen molar-refractivity contribution in [2.75, 3.05) is 0 Å². The van der Waals surface area contributed by atoms with Crippen molar-refractivity contribution in [1.82, 2.24) is 0 Å². The Bertz CT molecular complexity index is 395. The molecule has 1 aliphatic rings. The van der Waals surface area contributed by atoms with Crippen molar-refractivity contribution in [1.29, 1.82) is 0 Å². The Morgan fingerprint density at radius 2 is 2.26 bits per heavy atom. The minimum atomic E-state index is 0.0524. The van der Waals surface area contributed by atoms with E-state index in [1.807, 2.05) is 0 Å². The molecule has 1 fully saturated rings. The Balaban J connectivity index is 2.05. The van der Waals surface area contributed by atoms with Gasteiger partial charge in [0.25, 0.3) is 0 Å². The Morgan fingerprint density at radius 3 is 2.84 bits per heavy atom. The van der Waals surface area contributed by atoms with Gasteiger partial charge in [-0.05, 0) is 53.2 Å². The van der Waals surface area contributed by atoms with E-state index in [9.17, 15) is 0 Å². The Kier molecular flexibility index (Phi) is 5.87. The molecule has 4 unspecified atom stereocenters. The van der Waals surface area contributed by atoms with Gasteiger partial charge in [-0.15, -0.1) is 11.3 Å². The molecule has 4 heteroatoms. The first-order chi connectivity index (χ1) is 9.10. The summed E-state index contributed by atoms with van der Waals surface area (Å²) in [5.74, 6) is 0.785. The van der Waals surface area contributed by atoms with Crippen LogP contribution in [0.1, 0.15) is 56.9 Å². The second-order valence-electron chi connectivity index (χ2n) is 5.66. The van der Waals surface area contributed by atoms with E-state index in [1.54, 1.807) is 11.3 Å². The van der Waals surface area contributed by atoms with Crippen LogP contribution in [0.4, 0.5) is 0 Å². The zero-order valence-corrected chi connectivity index (χ0v) is 14.2. The number of nitrogens with two attached hydrogens (primary N) is 1. The summed E-state index contributed by atoms with van der Waals surface area (Å²) >= 11 is 5.27. The van der Waals surface area contributed by atoms with Gasteiger partial charge in [-0.3, -0.25) is 0 Å². The van der Waals surface area contributed by atoms with Crippen molar-refractivity contribution in [3.8, 4) is 0 Å². The van der Waals surface area contributed by atoms with Gasteiger partial charge in [0.2, 0.25) is 0 Å². The zero-order valence-electron chi connectivity index (χ0n) is 11.8. The molecule has 2 N–H and O–H groups in total. The van der Waals surface area contributed by atoms with Gasteiger partial charge in [-0.2, -0.15) is 0 Å². The van der Waals surface area contributed by atoms with Gasteiger partial charge in [0, 0.05) is 10.9 Å². The van der Waals surface area contributed by atoms with Gasteiger partial charge < -0.3 is 10.5 Å². The van der Waals surface area contributed by atoms with Crippen molar-refractivity contribution >= 4 is 27.3 Å². The van der Waals surface area contributed by atoms with Crippen molar-refractivity contribution in [2.24, 2.45) is 11.7 Å². The highest BCUT2D eigenvalue weighted by molar-refractivity contribution is 9.11. The van der Waals surface area contributed by atoms with Crippen LogP contribution in [-0.4, -0.2) is 12.1 Å². The fourth-order valence-corrected chi connectivity index (χ4v) is 4.32. The van der Waals surface area contributed by atoms with Crippen LogP contribution in [0.2, 0.25) is 0 Å². The lowest BCUT2D eigenvalue weighted by molar-refractivity contribution is -0.0501. The molecule has 1 saturated carbocycles. The second kappa shape index (κ2) is 7.21. The average Bonchev–Trinajstić information content (AvgIpc) is 2.81. The predicted molar refractivity (Wildman–Crippen MR) is 85.5 cm³/mol. The molecule has 2 rings (SSSR count). The fourth-order valence-electron chi connectivity index (χ4n) is 2.78. The highest BCUT2D eigenvalue weighted by atomic mass is 79.9. The molecule has 2 nitrogen and oxygen atoms in total. The molecule has 0 saturated heterocycles. The third kappa shape index (κ3) is 4.28. The lowest BCUT2D eigenvalue weighted by atomic mass is 9.88. The minimum Gasteiger partial charge on any atom is -0.368 e. The van der Waals surface area contributed by atoms with E-state index in [-0.39, 0.29) is 12.1 Å². The number of hydrogen-bond donors (Lipinski definition) is 1. The predicted octanol–water partition coefficient (Wildman–Crippen LogP) is 4.88. The van der Waals surface area contributed by atoms with Crippen molar-refractivity contribution in [3.63, 3.8) is 0 Å². The van der Waals surface area contributed by atoms with Crippen LogP contribution in [0.5, 0.6) is 0 Å². The first-order valence-electron chi connectivity index (χ1n) is 7.26. The molecule has 1 heterocycles. The quantitative estimate of drug-likeness (QED) is 0.824. The number of rotatable bonds is 5. The third-order valence-corrected chi connectivity index (χ3v) is 5.65. The molecule has 0 radical (unpaired) electrons. The fraction of sp³-hybridized carbons (Fsp3) is 0.733. The molecule has 0 spiro atoms. The molecule has 0 aliphatic heterocycles. The normalized spacial score (nSPS) is 27.2. The third-order valence-electron chi connectivity index (χ3n) is 3.96. The number of hydrogen-bond acceptors (Lipinski definition) is 3. The molecule has 0 bridgehead atoms. The SMILES string of the molecule is CCC(N)C(OC1CCCC(C)C1)c1ccc(Br)s1. The highest BCUT2D eigenvalue weighted by Crippen LogP contribution is 2.35. The summed E-state index contributed by atoms with van der Waals surface area (Å²) in [5.41, 5.74) is 6.28. The van der Waals surface area contributed by atoms with E-state index in [0.717, 1.165) is 16.1 Å². The van der Waals surface area contributed by atoms with E-state index >= 15 is 0 Å². The lowest BCUT2D eigenvalue weighted by Crippen LogP contribution is -2.33. The summed E-state index contributed by atoms with van der Waals surface area (Å²) in [6.07, 6.45) is 6.37. The van der Waals surface area contributed by atoms with Crippen LogP contribution >= 0.6 is 27.3 Å². The molecule has 4 atom stereocenters. The average molecular weight is 346 g/mol. The first-order valence-corrected chi connectivity index (χ1v) is 8.87. The molecule has 19 heavy (non-hydrogen) atoms. The maximum Gasteiger partial charge on any atom is 0.107 e. The topological polar surface area (TPSA) is 35.2 Å². The van der Waals surface area contributed by atoms with Crippen LogP contribution in [0.3, 0.4) is 0 Å². The molecule has 0 aromatic carbocycles. The number of halogens is 1. The molecule has 1 aromatic rings. The zero-order chi connectivity index (χ0) is 13.8. The van der Waals surface area contributed by atoms with E-state index in [0.29, 0.717) is 6.10 Å². The van der Waals surface area contributed by atoms with Crippen LogP contribution in [-0.2, 0) is 4.74 Å². The smallest absolute Gasteiger partial charge is 0.107 e. The molecular weight excluding hydrogens is 322 g/mol. The van der Waals surface area contributed by atoms with Crippen molar-refractivity contribution in [2.45, 2.75) is 64.2 Å². The molecule has 1 aromatic heterocycles. The summed E-state index contributed by atoms with van der Waals surface area (Å²) in [6.45, 7) is 4.46. The number of ether oxygens (including phenoxy) is 1. The minimum absolute atomic E-state index is 0.0524. The monoisotopic (exact) mass is 345 g/mol. The van der Waals surface area contributed by atoms with Gasteiger partial charge in [0.05, 0.1) is 9.89 Å². The Labute approximate surface area is 128 Å². The second-order valence-corrected chi connectivity index (χ2v) is 8.16. The van der Waals surface area contributed by atoms with E-state index < -0.39 is 0 Å². The standard InChI is InChI=1S/C15H24BrNOS/c1-3-12(17)15(13-7-8-14(16)19-13)18-11-6-4-5-10(2)9-11/h7-8,10-12,15H,3-6,9,17H2,1-2H3. The molecular formula is C15H24BrNOS. The maximum absolute atomic E-state index is 6.38. The van der Waals surface area contributed by atoms with Crippen molar-refractivity contribution in [3.05, 3.63) is 20.8 Å². The molecule has 108 valence electrons. The Morgan fingerprint density at radius 1 is 1.47 bits per heavy atom. The van der Waals surface area contributed by atoms with Crippen LogP contribution in [0.15, 0.2) is 15.9 Å². The Hall–Kier alpha value is 0.1000. The van der Waals surface area contributed by atoms with E-state index in [4.69, 9.17) is 10.5 Å². The summed E-state index contributed by atoms with van der Waals surface area (Å²) in [6, 6.07) is 4.31. The van der Waals surface area contributed by atoms with Gasteiger partial charge >= 0.3 is 0 Å². The van der Waals surface area contributed by atoms with Gasteiger partial charge in [-0.1, -0.05) is 26.7 Å². The molecule has 0 amide bonds. The van der Waals surface area contributed by atoms with Gasteiger partial charge in [-0.25, -0.2) is 0 Å². The van der Waals surface area contributed by atoms with Crippen LogP contribution in [0, 0.1) is 5.92 Å². The summed E-state index contributed by atoms with van der Waals surface area (Å²) in [5, 5.41) is 0. The highest BCUT2D eigenvalue weighted by Gasteiger charge is 2.27. The first kappa shape index (κ1) is 15.5. The molecule has 1 aliphatic carbocycles. The number of thiophene rings is 1. The van der Waals surface area contributed by atoms with Crippen LogP contribution < -0.4 is 5.73 Å². The van der Waals surface area contributed by atoms with Crippen LogP contribution in [0.25, 0.3) is 0 Å². The summed E-state index contributed by atoms with van der Waals surface area (Å²) in [4.78, 5) is 1.25.